The molecule has 4 heteroatoms. The monoisotopic (exact) mass is 222 g/mol. The predicted molar refractivity (Wildman–Crippen MR) is 58.1 cm³/mol. The molecule has 1 unspecified atom stereocenters. The third kappa shape index (κ3) is 3.17. The van der Waals surface area contributed by atoms with E-state index in [-0.39, 0.29) is 18.8 Å². The van der Waals surface area contributed by atoms with Crippen LogP contribution in [-0.2, 0) is 11.4 Å². The highest BCUT2D eigenvalue weighted by atomic mass is 16.4. The summed E-state index contributed by atoms with van der Waals surface area (Å²) in [6.45, 7) is 1.37. The number of aliphatic hydroxyl groups excluding tert-OH is 1. The fraction of sp³-hybridized carbons (Fsp3) is 0.333. The SMILES string of the molecule is CC(CC(=O)c1cccc(CO)c1)C(=O)O. The third-order valence-corrected chi connectivity index (χ3v) is 2.34. The van der Waals surface area contributed by atoms with Crippen molar-refractivity contribution in [2.75, 3.05) is 0 Å². The fourth-order valence-electron chi connectivity index (χ4n) is 1.33. The zero-order valence-corrected chi connectivity index (χ0v) is 9.01. The number of benzene rings is 1. The van der Waals surface area contributed by atoms with Gasteiger partial charge in [-0.25, -0.2) is 0 Å². The number of carbonyl (C=O) groups is 2. The molecule has 0 fully saturated rings. The van der Waals surface area contributed by atoms with E-state index in [0.29, 0.717) is 11.1 Å². The predicted octanol–water partition coefficient (Wildman–Crippen LogP) is 1.47. The number of rotatable bonds is 5. The second kappa shape index (κ2) is 5.42. The van der Waals surface area contributed by atoms with Crippen LogP contribution in [0, 0.1) is 5.92 Å². The molecule has 0 saturated carbocycles. The minimum absolute atomic E-state index is 0.0236. The van der Waals surface area contributed by atoms with Gasteiger partial charge in [0.2, 0.25) is 0 Å². The molecule has 1 aromatic carbocycles. The van der Waals surface area contributed by atoms with E-state index < -0.39 is 11.9 Å². The van der Waals surface area contributed by atoms with Crippen LogP contribution < -0.4 is 0 Å². The molecule has 16 heavy (non-hydrogen) atoms. The summed E-state index contributed by atoms with van der Waals surface area (Å²) < 4.78 is 0. The third-order valence-electron chi connectivity index (χ3n) is 2.34. The summed E-state index contributed by atoms with van der Waals surface area (Å²) in [5.41, 5.74) is 1.09. The van der Waals surface area contributed by atoms with E-state index in [2.05, 4.69) is 0 Å². The zero-order valence-electron chi connectivity index (χ0n) is 9.01. The van der Waals surface area contributed by atoms with Crippen LogP contribution in [0.15, 0.2) is 24.3 Å². The lowest BCUT2D eigenvalue weighted by atomic mass is 9.99. The fourth-order valence-corrected chi connectivity index (χ4v) is 1.33. The number of ketones is 1. The van der Waals surface area contributed by atoms with Gasteiger partial charge in [0, 0.05) is 12.0 Å². The summed E-state index contributed by atoms with van der Waals surface area (Å²) in [6, 6.07) is 6.58. The highest BCUT2D eigenvalue weighted by Crippen LogP contribution is 2.12. The maximum absolute atomic E-state index is 11.7. The maximum atomic E-state index is 11.7. The molecule has 1 aromatic rings. The summed E-state index contributed by atoms with van der Waals surface area (Å²) in [7, 11) is 0. The smallest absolute Gasteiger partial charge is 0.306 e. The number of aliphatic hydroxyl groups is 1. The van der Waals surface area contributed by atoms with Gasteiger partial charge in [0.25, 0.3) is 0 Å². The van der Waals surface area contributed by atoms with Crippen molar-refractivity contribution >= 4 is 11.8 Å². The van der Waals surface area contributed by atoms with Crippen LogP contribution in [0.3, 0.4) is 0 Å². The second-order valence-electron chi connectivity index (χ2n) is 3.73. The molecule has 1 rings (SSSR count). The Balaban J connectivity index is 2.76. The van der Waals surface area contributed by atoms with Crippen LogP contribution in [0.4, 0.5) is 0 Å². The van der Waals surface area contributed by atoms with E-state index in [1.54, 1.807) is 24.3 Å². The van der Waals surface area contributed by atoms with Crippen LogP contribution >= 0.6 is 0 Å². The van der Waals surface area contributed by atoms with Gasteiger partial charge in [-0.05, 0) is 11.6 Å². The summed E-state index contributed by atoms with van der Waals surface area (Å²) in [4.78, 5) is 22.3. The largest absolute Gasteiger partial charge is 0.481 e. The topological polar surface area (TPSA) is 74.6 Å². The molecule has 0 heterocycles. The standard InChI is InChI=1S/C12H14O4/c1-8(12(15)16)5-11(14)10-4-2-3-9(6-10)7-13/h2-4,6,8,13H,5,7H2,1H3,(H,15,16). The van der Waals surface area contributed by atoms with Crippen molar-refractivity contribution in [1.29, 1.82) is 0 Å². The average Bonchev–Trinajstić information content (AvgIpc) is 2.28. The molecule has 0 aliphatic heterocycles. The van der Waals surface area contributed by atoms with E-state index in [4.69, 9.17) is 10.2 Å². The molecule has 0 aromatic heterocycles. The Morgan fingerprint density at radius 2 is 2.06 bits per heavy atom. The molecule has 0 amide bonds. The molecule has 0 aliphatic rings. The lowest BCUT2D eigenvalue weighted by Gasteiger charge is -2.06. The van der Waals surface area contributed by atoms with Gasteiger partial charge in [-0.2, -0.15) is 0 Å². The molecule has 0 bridgehead atoms. The van der Waals surface area contributed by atoms with Crippen molar-refractivity contribution in [1.82, 2.24) is 0 Å². The summed E-state index contributed by atoms with van der Waals surface area (Å²) in [5, 5.41) is 17.6. The van der Waals surface area contributed by atoms with Crippen molar-refractivity contribution in [3.63, 3.8) is 0 Å². The van der Waals surface area contributed by atoms with Gasteiger partial charge in [0.15, 0.2) is 5.78 Å². The molecule has 0 saturated heterocycles. The molecule has 86 valence electrons. The molecule has 4 nitrogen and oxygen atoms in total. The van der Waals surface area contributed by atoms with Crippen molar-refractivity contribution in [3.05, 3.63) is 35.4 Å². The molecule has 1 atom stereocenters. The second-order valence-corrected chi connectivity index (χ2v) is 3.73. The first kappa shape index (κ1) is 12.4. The molecule has 0 radical (unpaired) electrons. The molecule has 0 aliphatic carbocycles. The summed E-state index contributed by atoms with van der Waals surface area (Å²) in [5.74, 6) is -1.89. The van der Waals surface area contributed by atoms with Crippen LogP contribution in [0.1, 0.15) is 29.3 Å². The van der Waals surface area contributed by atoms with E-state index in [9.17, 15) is 9.59 Å². The lowest BCUT2D eigenvalue weighted by Crippen LogP contribution is -2.14. The first-order valence-electron chi connectivity index (χ1n) is 5.00. The van der Waals surface area contributed by atoms with Gasteiger partial charge < -0.3 is 10.2 Å². The number of carboxylic acids is 1. The molecular weight excluding hydrogens is 208 g/mol. The highest BCUT2D eigenvalue weighted by molar-refractivity contribution is 5.98. The zero-order chi connectivity index (χ0) is 12.1. The van der Waals surface area contributed by atoms with Gasteiger partial charge >= 0.3 is 5.97 Å². The number of aliphatic carboxylic acids is 1. The van der Waals surface area contributed by atoms with Crippen molar-refractivity contribution in [2.45, 2.75) is 20.0 Å². The summed E-state index contributed by atoms with van der Waals surface area (Å²) >= 11 is 0. The van der Waals surface area contributed by atoms with Gasteiger partial charge in [0.1, 0.15) is 0 Å². The minimum Gasteiger partial charge on any atom is -0.481 e. The van der Waals surface area contributed by atoms with E-state index in [0.717, 1.165) is 0 Å². The van der Waals surface area contributed by atoms with Gasteiger partial charge in [-0.3, -0.25) is 9.59 Å². The summed E-state index contributed by atoms with van der Waals surface area (Å²) in [6.07, 6.45) is -0.0236. The lowest BCUT2D eigenvalue weighted by molar-refractivity contribution is -0.141. The molecular formula is C12H14O4. The van der Waals surface area contributed by atoms with Gasteiger partial charge in [-0.15, -0.1) is 0 Å². The first-order chi connectivity index (χ1) is 7.54. The Morgan fingerprint density at radius 1 is 1.38 bits per heavy atom. The average molecular weight is 222 g/mol. The Morgan fingerprint density at radius 3 is 2.62 bits per heavy atom. The van der Waals surface area contributed by atoms with Gasteiger partial charge in [-0.1, -0.05) is 25.1 Å². The Bertz CT molecular complexity index is 398. The highest BCUT2D eigenvalue weighted by Gasteiger charge is 2.16. The van der Waals surface area contributed by atoms with E-state index >= 15 is 0 Å². The van der Waals surface area contributed by atoms with Gasteiger partial charge in [0.05, 0.1) is 12.5 Å². The minimum atomic E-state index is -0.980. The van der Waals surface area contributed by atoms with Crippen molar-refractivity contribution in [3.8, 4) is 0 Å². The van der Waals surface area contributed by atoms with Crippen LogP contribution in [0.5, 0.6) is 0 Å². The molecule has 2 N–H and O–H groups in total. The Kier molecular flexibility index (Phi) is 4.19. The quantitative estimate of drug-likeness (QED) is 0.740. The maximum Gasteiger partial charge on any atom is 0.306 e. The number of Topliss-reactive ketones (excluding diaryl/α,β-unsaturated/α-hetero) is 1. The number of hydrogen-bond donors (Lipinski definition) is 2. The normalized spacial score (nSPS) is 12.1. The van der Waals surface area contributed by atoms with Crippen molar-refractivity contribution < 1.29 is 19.8 Å². The van der Waals surface area contributed by atoms with Crippen molar-refractivity contribution in [2.24, 2.45) is 5.92 Å². The number of hydrogen-bond acceptors (Lipinski definition) is 3. The van der Waals surface area contributed by atoms with Crippen LogP contribution in [-0.4, -0.2) is 22.0 Å². The van der Waals surface area contributed by atoms with E-state index in [1.807, 2.05) is 0 Å². The number of carbonyl (C=O) groups excluding carboxylic acids is 1. The van der Waals surface area contributed by atoms with Crippen LogP contribution in [0.25, 0.3) is 0 Å². The first-order valence-corrected chi connectivity index (χ1v) is 5.00. The van der Waals surface area contributed by atoms with E-state index in [1.165, 1.54) is 6.92 Å². The Labute approximate surface area is 93.5 Å². The molecule has 0 spiro atoms. The van der Waals surface area contributed by atoms with Crippen LogP contribution in [0.2, 0.25) is 0 Å². The Hall–Kier alpha value is -1.68. The number of carboxylic acid groups (broad SMARTS) is 1.